The van der Waals surface area contributed by atoms with Gasteiger partial charge in [0, 0.05) is 13.0 Å². The first-order valence-electron chi connectivity index (χ1n) is 6.99. The van der Waals surface area contributed by atoms with E-state index in [0.717, 1.165) is 31.2 Å². The standard InChI is InChI=1S/C16H22O3/c1-12-8-9-15(19-11-18-2)14(10-12)16(17)13-6-4-3-5-7-13/h8-10,13H,3-7,11H2,1-2H3. The molecule has 0 bridgehead atoms. The van der Waals surface area contributed by atoms with Gasteiger partial charge in [-0.25, -0.2) is 0 Å². The Hall–Kier alpha value is -1.35. The molecule has 2 rings (SSSR count). The summed E-state index contributed by atoms with van der Waals surface area (Å²) in [6.45, 7) is 2.17. The Balaban J connectivity index is 2.20. The van der Waals surface area contributed by atoms with Crippen LogP contribution in [-0.2, 0) is 4.74 Å². The predicted octanol–water partition coefficient (Wildman–Crippen LogP) is 3.74. The molecule has 104 valence electrons. The quantitative estimate of drug-likeness (QED) is 0.599. The smallest absolute Gasteiger partial charge is 0.188 e. The summed E-state index contributed by atoms with van der Waals surface area (Å²) in [5, 5.41) is 0. The predicted molar refractivity (Wildman–Crippen MR) is 74.6 cm³/mol. The van der Waals surface area contributed by atoms with Crippen LogP contribution < -0.4 is 4.74 Å². The SMILES string of the molecule is COCOc1ccc(C)cc1C(=O)C1CCCCC1. The van der Waals surface area contributed by atoms with Gasteiger partial charge in [0.2, 0.25) is 0 Å². The zero-order valence-corrected chi connectivity index (χ0v) is 11.8. The maximum Gasteiger partial charge on any atom is 0.188 e. The molecule has 0 N–H and O–H groups in total. The molecule has 1 aromatic rings. The van der Waals surface area contributed by atoms with Crippen molar-refractivity contribution in [2.75, 3.05) is 13.9 Å². The second-order valence-electron chi connectivity index (χ2n) is 5.25. The average molecular weight is 262 g/mol. The van der Waals surface area contributed by atoms with E-state index in [-0.39, 0.29) is 18.5 Å². The first kappa shape index (κ1) is 14.1. The minimum atomic E-state index is 0.167. The zero-order chi connectivity index (χ0) is 13.7. The molecule has 0 amide bonds. The maximum absolute atomic E-state index is 12.6. The van der Waals surface area contributed by atoms with Crippen LogP contribution in [0.1, 0.15) is 48.0 Å². The fourth-order valence-electron chi connectivity index (χ4n) is 2.67. The van der Waals surface area contributed by atoms with E-state index in [1.54, 1.807) is 7.11 Å². The van der Waals surface area contributed by atoms with E-state index in [2.05, 4.69) is 0 Å². The van der Waals surface area contributed by atoms with Crippen LogP contribution in [-0.4, -0.2) is 19.7 Å². The van der Waals surface area contributed by atoms with Crippen molar-refractivity contribution in [2.45, 2.75) is 39.0 Å². The lowest BCUT2D eigenvalue weighted by atomic mass is 9.83. The first-order chi connectivity index (χ1) is 9.22. The molecule has 0 aliphatic heterocycles. The van der Waals surface area contributed by atoms with E-state index in [1.165, 1.54) is 6.42 Å². The molecule has 1 aliphatic rings. The number of hydrogen-bond donors (Lipinski definition) is 0. The van der Waals surface area contributed by atoms with Crippen molar-refractivity contribution in [1.29, 1.82) is 0 Å². The topological polar surface area (TPSA) is 35.5 Å². The Bertz CT molecular complexity index is 434. The maximum atomic E-state index is 12.6. The van der Waals surface area contributed by atoms with Gasteiger partial charge >= 0.3 is 0 Å². The molecule has 3 nitrogen and oxygen atoms in total. The lowest BCUT2D eigenvalue weighted by molar-refractivity contribution is 0.0498. The number of carbonyl (C=O) groups excluding carboxylic acids is 1. The van der Waals surface area contributed by atoms with Crippen LogP contribution in [0.25, 0.3) is 0 Å². The van der Waals surface area contributed by atoms with Gasteiger partial charge in [-0.05, 0) is 31.9 Å². The lowest BCUT2D eigenvalue weighted by Gasteiger charge is -2.21. The highest BCUT2D eigenvalue weighted by Gasteiger charge is 2.24. The van der Waals surface area contributed by atoms with E-state index in [9.17, 15) is 4.79 Å². The summed E-state index contributed by atoms with van der Waals surface area (Å²) in [6, 6.07) is 5.76. The number of carbonyl (C=O) groups is 1. The van der Waals surface area contributed by atoms with Gasteiger partial charge in [0.15, 0.2) is 12.6 Å². The summed E-state index contributed by atoms with van der Waals surface area (Å²) in [7, 11) is 1.58. The van der Waals surface area contributed by atoms with Crippen molar-refractivity contribution in [2.24, 2.45) is 5.92 Å². The molecule has 3 heteroatoms. The highest BCUT2D eigenvalue weighted by atomic mass is 16.7. The molecule has 0 heterocycles. The van der Waals surface area contributed by atoms with Gasteiger partial charge in [-0.15, -0.1) is 0 Å². The summed E-state index contributed by atoms with van der Waals surface area (Å²) < 4.78 is 10.4. The Morgan fingerprint density at radius 3 is 2.68 bits per heavy atom. The number of ether oxygens (including phenoxy) is 2. The largest absolute Gasteiger partial charge is 0.467 e. The van der Waals surface area contributed by atoms with Crippen molar-refractivity contribution < 1.29 is 14.3 Å². The van der Waals surface area contributed by atoms with Gasteiger partial charge in [0.1, 0.15) is 5.75 Å². The molecule has 0 atom stereocenters. The molecule has 1 aliphatic carbocycles. The van der Waals surface area contributed by atoms with Crippen molar-refractivity contribution in [1.82, 2.24) is 0 Å². The second kappa shape index (κ2) is 6.71. The Labute approximate surface area is 114 Å². The molecule has 0 aromatic heterocycles. The van der Waals surface area contributed by atoms with Gasteiger partial charge < -0.3 is 9.47 Å². The van der Waals surface area contributed by atoms with E-state index in [1.807, 2.05) is 25.1 Å². The minimum Gasteiger partial charge on any atom is -0.467 e. The average Bonchev–Trinajstić information content (AvgIpc) is 2.46. The van der Waals surface area contributed by atoms with Crippen LogP contribution in [0.15, 0.2) is 18.2 Å². The molecule has 0 spiro atoms. The highest BCUT2D eigenvalue weighted by Crippen LogP contribution is 2.30. The zero-order valence-electron chi connectivity index (χ0n) is 11.8. The third-order valence-electron chi connectivity index (χ3n) is 3.71. The van der Waals surface area contributed by atoms with Gasteiger partial charge in [0.05, 0.1) is 5.56 Å². The fourth-order valence-corrected chi connectivity index (χ4v) is 2.67. The third kappa shape index (κ3) is 3.57. The molecule has 1 fully saturated rings. The van der Waals surface area contributed by atoms with Crippen molar-refractivity contribution in [3.63, 3.8) is 0 Å². The Morgan fingerprint density at radius 1 is 1.26 bits per heavy atom. The Kier molecular flexibility index (Phi) is 4.97. The molecule has 0 saturated heterocycles. The van der Waals surface area contributed by atoms with Crippen LogP contribution in [0.4, 0.5) is 0 Å². The van der Waals surface area contributed by atoms with Crippen LogP contribution >= 0.6 is 0 Å². The molecule has 1 saturated carbocycles. The number of aryl methyl sites for hydroxylation is 1. The van der Waals surface area contributed by atoms with Crippen LogP contribution in [0.2, 0.25) is 0 Å². The van der Waals surface area contributed by atoms with Crippen LogP contribution in [0.3, 0.4) is 0 Å². The molecule has 19 heavy (non-hydrogen) atoms. The highest BCUT2D eigenvalue weighted by molar-refractivity contribution is 6.00. The number of ketones is 1. The van der Waals surface area contributed by atoms with Crippen LogP contribution in [0.5, 0.6) is 5.75 Å². The summed E-state index contributed by atoms with van der Waals surface area (Å²) >= 11 is 0. The second-order valence-corrected chi connectivity index (χ2v) is 5.25. The third-order valence-corrected chi connectivity index (χ3v) is 3.71. The molecule has 0 unspecified atom stereocenters. The Morgan fingerprint density at radius 2 is 2.00 bits per heavy atom. The molecule has 0 radical (unpaired) electrons. The number of rotatable bonds is 5. The van der Waals surface area contributed by atoms with Gasteiger partial charge in [-0.1, -0.05) is 30.9 Å². The summed E-state index contributed by atoms with van der Waals surface area (Å²) in [5.41, 5.74) is 1.80. The molecular formula is C16H22O3. The number of Topliss-reactive ketones (excluding diaryl/α,β-unsaturated/α-hetero) is 1. The monoisotopic (exact) mass is 262 g/mol. The van der Waals surface area contributed by atoms with Crippen molar-refractivity contribution in [3.05, 3.63) is 29.3 Å². The van der Waals surface area contributed by atoms with E-state index >= 15 is 0 Å². The lowest BCUT2D eigenvalue weighted by Crippen LogP contribution is -2.19. The van der Waals surface area contributed by atoms with E-state index in [4.69, 9.17) is 9.47 Å². The van der Waals surface area contributed by atoms with Crippen molar-refractivity contribution >= 4 is 5.78 Å². The van der Waals surface area contributed by atoms with Gasteiger partial charge in [-0.2, -0.15) is 0 Å². The van der Waals surface area contributed by atoms with E-state index < -0.39 is 0 Å². The first-order valence-corrected chi connectivity index (χ1v) is 6.99. The number of methoxy groups -OCH3 is 1. The van der Waals surface area contributed by atoms with E-state index in [0.29, 0.717) is 11.3 Å². The number of hydrogen-bond acceptors (Lipinski definition) is 3. The molecular weight excluding hydrogens is 240 g/mol. The number of benzene rings is 1. The van der Waals surface area contributed by atoms with Crippen molar-refractivity contribution in [3.8, 4) is 5.75 Å². The summed E-state index contributed by atoms with van der Waals surface area (Å²) in [6.07, 6.45) is 5.60. The fraction of sp³-hybridized carbons (Fsp3) is 0.562. The van der Waals surface area contributed by atoms with Gasteiger partial charge in [0.25, 0.3) is 0 Å². The van der Waals surface area contributed by atoms with Gasteiger partial charge in [-0.3, -0.25) is 4.79 Å². The summed E-state index contributed by atoms with van der Waals surface area (Å²) in [4.78, 5) is 12.6. The van der Waals surface area contributed by atoms with Crippen LogP contribution in [0, 0.1) is 12.8 Å². The normalized spacial score (nSPS) is 16.3. The minimum absolute atomic E-state index is 0.167. The summed E-state index contributed by atoms with van der Waals surface area (Å²) in [5.74, 6) is 1.04. The molecule has 1 aromatic carbocycles.